The SMILES string of the molecule is FC(F)(F)c1ccc(-c2ncc3c(n2)CCN(Cc2c(Cl)cccc2Cl)C3)cc1. The Bertz CT molecular complexity index is 1020. The largest absolute Gasteiger partial charge is 0.416 e. The Labute approximate surface area is 176 Å². The van der Waals surface area contributed by atoms with E-state index < -0.39 is 11.7 Å². The van der Waals surface area contributed by atoms with Crippen LogP contribution in [0.4, 0.5) is 13.2 Å². The number of halogens is 5. The molecular formula is C21H16Cl2F3N3. The summed E-state index contributed by atoms with van der Waals surface area (Å²) in [4.78, 5) is 11.2. The molecule has 0 fully saturated rings. The molecule has 0 N–H and O–H groups in total. The van der Waals surface area contributed by atoms with Gasteiger partial charge in [0.25, 0.3) is 0 Å². The van der Waals surface area contributed by atoms with Gasteiger partial charge >= 0.3 is 6.18 Å². The van der Waals surface area contributed by atoms with Crippen molar-refractivity contribution in [2.75, 3.05) is 6.54 Å². The van der Waals surface area contributed by atoms with E-state index in [1.54, 1.807) is 6.20 Å². The zero-order chi connectivity index (χ0) is 20.6. The van der Waals surface area contributed by atoms with Crippen LogP contribution in [0.25, 0.3) is 11.4 Å². The van der Waals surface area contributed by atoms with Gasteiger partial charge in [-0.2, -0.15) is 13.2 Å². The van der Waals surface area contributed by atoms with Gasteiger partial charge < -0.3 is 0 Å². The maximum atomic E-state index is 12.7. The second kappa shape index (κ2) is 7.94. The summed E-state index contributed by atoms with van der Waals surface area (Å²) < 4.78 is 38.2. The summed E-state index contributed by atoms with van der Waals surface area (Å²) in [6, 6.07) is 10.4. The molecule has 2 heterocycles. The molecule has 3 aromatic rings. The van der Waals surface area contributed by atoms with E-state index in [4.69, 9.17) is 23.2 Å². The molecule has 0 unspecified atom stereocenters. The second-order valence-electron chi connectivity index (χ2n) is 6.90. The highest BCUT2D eigenvalue weighted by molar-refractivity contribution is 6.35. The van der Waals surface area contributed by atoms with Gasteiger partial charge in [-0.05, 0) is 24.3 Å². The molecule has 0 bridgehead atoms. The van der Waals surface area contributed by atoms with Crippen LogP contribution in [0, 0.1) is 0 Å². The number of alkyl halides is 3. The van der Waals surface area contributed by atoms with Gasteiger partial charge in [-0.15, -0.1) is 0 Å². The van der Waals surface area contributed by atoms with Crippen molar-refractivity contribution in [2.24, 2.45) is 0 Å². The van der Waals surface area contributed by atoms with Gasteiger partial charge in [0.15, 0.2) is 5.82 Å². The molecule has 29 heavy (non-hydrogen) atoms. The lowest BCUT2D eigenvalue weighted by atomic mass is 10.1. The molecule has 150 valence electrons. The predicted octanol–water partition coefficient (Wildman–Crippen LogP) is 6.03. The lowest BCUT2D eigenvalue weighted by Gasteiger charge is -2.28. The Balaban J connectivity index is 1.51. The first kappa shape index (κ1) is 20.1. The zero-order valence-electron chi connectivity index (χ0n) is 15.2. The van der Waals surface area contributed by atoms with E-state index in [0.29, 0.717) is 40.9 Å². The topological polar surface area (TPSA) is 29.0 Å². The van der Waals surface area contributed by atoms with Gasteiger partial charge in [0.2, 0.25) is 0 Å². The van der Waals surface area contributed by atoms with Crippen molar-refractivity contribution in [3.63, 3.8) is 0 Å². The van der Waals surface area contributed by atoms with Crippen LogP contribution in [0.5, 0.6) is 0 Å². The minimum absolute atomic E-state index is 0.431. The van der Waals surface area contributed by atoms with Crippen LogP contribution < -0.4 is 0 Å². The van der Waals surface area contributed by atoms with Crippen molar-refractivity contribution in [1.29, 1.82) is 0 Å². The molecule has 0 aliphatic carbocycles. The Morgan fingerprint density at radius 3 is 2.34 bits per heavy atom. The fourth-order valence-electron chi connectivity index (χ4n) is 3.36. The summed E-state index contributed by atoms with van der Waals surface area (Å²) in [6.45, 7) is 2.06. The van der Waals surface area contributed by atoms with Gasteiger partial charge in [0.05, 0.1) is 11.3 Å². The van der Waals surface area contributed by atoms with Gasteiger partial charge in [0.1, 0.15) is 0 Å². The van der Waals surface area contributed by atoms with Crippen LogP contribution >= 0.6 is 23.2 Å². The monoisotopic (exact) mass is 437 g/mol. The van der Waals surface area contributed by atoms with Crippen molar-refractivity contribution in [3.05, 3.63) is 81.1 Å². The van der Waals surface area contributed by atoms with Crippen molar-refractivity contribution in [3.8, 4) is 11.4 Å². The van der Waals surface area contributed by atoms with E-state index in [-0.39, 0.29) is 0 Å². The van der Waals surface area contributed by atoms with Crippen molar-refractivity contribution in [2.45, 2.75) is 25.7 Å². The fourth-order valence-corrected chi connectivity index (χ4v) is 3.88. The first-order valence-corrected chi connectivity index (χ1v) is 9.74. The molecular weight excluding hydrogens is 422 g/mol. The summed E-state index contributed by atoms with van der Waals surface area (Å²) >= 11 is 12.5. The van der Waals surface area contributed by atoms with Crippen LogP contribution in [0.2, 0.25) is 10.0 Å². The first-order chi connectivity index (χ1) is 13.8. The van der Waals surface area contributed by atoms with E-state index in [1.807, 2.05) is 18.2 Å². The highest BCUT2D eigenvalue weighted by Gasteiger charge is 2.30. The van der Waals surface area contributed by atoms with Crippen molar-refractivity contribution >= 4 is 23.2 Å². The third kappa shape index (κ3) is 4.39. The first-order valence-electron chi connectivity index (χ1n) is 8.99. The molecule has 3 nitrogen and oxygen atoms in total. The maximum absolute atomic E-state index is 12.7. The molecule has 0 saturated carbocycles. The second-order valence-corrected chi connectivity index (χ2v) is 7.72. The summed E-state index contributed by atoms with van der Waals surface area (Å²) in [5, 5.41) is 1.27. The molecule has 2 aromatic carbocycles. The summed E-state index contributed by atoms with van der Waals surface area (Å²) in [6.07, 6.45) is -1.90. The van der Waals surface area contributed by atoms with Gasteiger partial charge in [0, 0.05) is 59.0 Å². The smallest absolute Gasteiger partial charge is 0.294 e. The lowest BCUT2D eigenvalue weighted by Crippen LogP contribution is -2.31. The van der Waals surface area contributed by atoms with E-state index >= 15 is 0 Å². The van der Waals surface area contributed by atoms with Crippen LogP contribution in [0.1, 0.15) is 22.4 Å². The molecule has 0 radical (unpaired) electrons. The third-order valence-corrected chi connectivity index (χ3v) is 5.64. The van der Waals surface area contributed by atoms with Crippen molar-refractivity contribution in [1.82, 2.24) is 14.9 Å². The number of rotatable bonds is 3. The van der Waals surface area contributed by atoms with E-state index in [0.717, 1.165) is 35.5 Å². The molecule has 8 heteroatoms. The van der Waals surface area contributed by atoms with E-state index in [2.05, 4.69) is 14.9 Å². The molecule has 1 aliphatic rings. The quantitative estimate of drug-likeness (QED) is 0.500. The zero-order valence-corrected chi connectivity index (χ0v) is 16.7. The highest BCUT2D eigenvalue weighted by atomic mass is 35.5. The van der Waals surface area contributed by atoms with Crippen LogP contribution in [0.3, 0.4) is 0 Å². The van der Waals surface area contributed by atoms with Gasteiger partial charge in [-0.25, -0.2) is 9.97 Å². The summed E-state index contributed by atoms with van der Waals surface area (Å²) in [5.41, 5.74) is 2.67. The minimum Gasteiger partial charge on any atom is -0.294 e. The number of fused-ring (bicyclic) bond motifs is 1. The minimum atomic E-state index is -4.36. The summed E-state index contributed by atoms with van der Waals surface area (Å²) in [7, 11) is 0. The Hall–Kier alpha value is -2.15. The average molecular weight is 438 g/mol. The molecule has 0 saturated heterocycles. The Morgan fingerprint density at radius 2 is 1.69 bits per heavy atom. The third-order valence-electron chi connectivity index (χ3n) is 4.93. The summed E-state index contributed by atoms with van der Waals surface area (Å²) in [5.74, 6) is 0.431. The molecule has 1 aromatic heterocycles. The number of benzene rings is 2. The van der Waals surface area contributed by atoms with Gasteiger partial charge in [-0.3, -0.25) is 4.90 Å². The van der Waals surface area contributed by atoms with E-state index in [9.17, 15) is 13.2 Å². The predicted molar refractivity (Wildman–Crippen MR) is 107 cm³/mol. The number of hydrogen-bond acceptors (Lipinski definition) is 3. The highest BCUT2D eigenvalue weighted by Crippen LogP contribution is 2.31. The van der Waals surface area contributed by atoms with Crippen molar-refractivity contribution < 1.29 is 13.2 Å². The molecule has 0 spiro atoms. The standard InChI is InChI=1S/C21H16Cl2F3N3/c22-17-2-1-3-18(23)16(17)12-29-9-8-19-14(11-29)10-27-20(28-19)13-4-6-15(7-5-13)21(24,25)26/h1-7,10H,8-9,11-12H2. The van der Waals surface area contributed by atoms with Crippen LogP contribution in [-0.2, 0) is 25.7 Å². The molecule has 4 rings (SSSR count). The maximum Gasteiger partial charge on any atom is 0.416 e. The number of aromatic nitrogens is 2. The lowest BCUT2D eigenvalue weighted by molar-refractivity contribution is -0.137. The average Bonchev–Trinajstić information content (AvgIpc) is 2.70. The Morgan fingerprint density at radius 1 is 1.00 bits per heavy atom. The normalized spacial score (nSPS) is 14.7. The Kier molecular flexibility index (Phi) is 5.51. The molecule has 1 aliphatic heterocycles. The number of hydrogen-bond donors (Lipinski definition) is 0. The van der Waals surface area contributed by atoms with Crippen LogP contribution in [-0.4, -0.2) is 21.4 Å². The fraction of sp³-hybridized carbons (Fsp3) is 0.238. The van der Waals surface area contributed by atoms with E-state index in [1.165, 1.54) is 12.1 Å². The molecule has 0 atom stereocenters. The van der Waals surface area contributed by atoms with Gasteiger partial charge in [-0.1, -0.05) is 41.4 Å². The van der Waals surface area contributed by atoms with Crippen LogP contribution in [0.15, 0.2) is 48.7 Å². The molecule has 0 amide bonds. The number of nitrogens with zero attached hydrogens (tertiary/aromatic N) is 3.